The Hall–Kier alpha value is -3.68. The van der Waals surface area contributed by atoms with Crippen molar-refractivity contribution in [1.82, 2.24) is 24.8 Å². The number of amides is 1. The van der Waals surface area contributed by atoms with Gasteiger partial charge in [-0.3, -0.25) is 24.4 Å². The number of H-pyrrole nitrogens is 1. The largest absolute Gasteiger partial charge is 0.338 e. The first-order chi connectivity index (χ1) is 14.1. The number of Topliss-reactive ketones (excluding diaryl/α,β-unsaturated/α-hetero) is 1. The van der Waals surface area contributed by atoms with E-state index in [1.165, 1.54) is 12.4 Å². The molecule has 3 aromatic heterocycles. The van der Waals surface area contributed by atoms with Crippen molar-refractivity contribution in [3.63, 3.8) is 0 Å². The molecule has 1 atom stereocenters. The van der Waals surface area contributed by atoms with Gasteiger partial charge >= 0.3 is 0 Å². The molecule has 1 aliphatic heterocycles. The van der Waals surface area contributed by atoms with Crippen LogP contribution in [0.25, 0.3) is 11.4 Å². The molecule has 3 aromatic rings. The Kier molecular flexibility index (Phi) is 5.24. The lowest BCUT2D eigenvalue weighted by Crippen LogP contribution is -2.44. The van der Waals surface area contributed by atoms with Crippen molar-refractivity contribution in [3.8, 4) is 11.4 Å². The molecule has 0 spiro atoms. The van der Waals surface area contributed by atoms with E-state index >= 15 is 0 Å². The van der Waals surface area contributed by atoms with Crippen LogP contribution in [0.15, 0.2) is 60.0 Å². The van der Waals surface area contributed by atoms with Crippen molar-refractivity contribution >= 4 is 11.7 Å². The van der Waals surface area contributed by atoms with Crippen molar-refractivity contribution in [1.29, 1.82) is 0 Å². The van der Waals surface area contributed by atoms with E-state index in [4.69, 9.17) is 0 Å². The third kappa shape index (κ3) is 3.96. The fourth-order valence-electron chi connectivity index (χ4n) is 3.49. The Morgan fingerprint density at radius 1 is 1.07 bits per heavy atom. The van der Waals surface area contributed by atoms with Crippen molar-refractivity contribution in [3.05, 3.63) is 76.7 Å². The molecule has 0 radical (unpaired) electrons. The first kappa shape index (κ1) is 18.7. The van der Waals surface area contributed by atoms with Crippen LogP contribution in [0, 0.1) is 5.92 Å². The summed E-state index contributed by atoms with van der Waals surface area (Å²) in [6, 6.07) is 6.95. The van der Waals surface area contributed by atoms with Gasteiger partial charge in [0.15, 0.2) is 5.78 Å². The predicted molar refractivity (Wildman–Crippen MR) is 105 cm³/mol. The second-order valence-corrected chi connectivity index (χ2v) is 6.91. The van der Waals surface area contributed by atoms with Gasteiger partial charge in [-0.05, 0) is 37.1 Å². The van der Waals surface area contributed by atoms with E-state index in [9.17, 15) is 14.4 Å². The number of aromatic amines is 1. The zero-order chi connectivity index (χ0) is 20.2. The molecule has 1 saturated heterocycles. The Morgan fingerprint density at radius 2 is 1.86 bits per heavy atom. The summed E-state index contributed by atoms with van der Waals surface area (Å²) in [4.78, 5) is 54.5. The lowest BCUT2D eigenvalue weighted by molar-refractivity contribution is 0.0635. The van der Waals surface area contributed by atoms with E-state index in [-0.39, 0.29) is 23.8 Å². The molecule has 1 amide bonds. The molecule has 4 rings (SSSR count). The Morgan fingerprint density at radius 3 is 2.55 bits per heavy atom. The summed E-state index contributed by atoms with van der Waals surface area (Å²) >= 11 is 0. The Labute approximate surface area is 166 Å². The molecule has 0 bridgehead atoms. The number of carbonyl (C=O) groups is 2. The van der Waals surface area contributed by atoms with E-state index in [1.54, 1.807) is 47.8 Å². The van der Waals surface area contributed by atoms with Crippen molar-refractivity contribution in [2.75, 3.05) is 13.1 Å². The number of aromatic nitrogens is 4. The lowest BCUT2D eigenvalue weighted by Gasteiger charge is -2.31. The normalized spacial score (nSPS) is 16.4. The third-order valence-electron chi connectivity index (χ3n) is 4.99. The van der Waals surface area contributed by atoms with E-state index < -0.39 is 11.5 Å². The number of carbonyl (C=O) groups excluding carboxylic acids is 2. The first-order valence-corrected chi connectivity index (χ1v) is 9.36. The topological polar surface area (TPSA) is 109 Å². The summed E-state index contributed by atoms with van der Waals surface area (Å²) < 4.78 is 0. The maximum atomic E-state index is 12.9. The first-order valence-electron chi connectivity index (χ1n) is 9.36. The molecule has 1 fully saturated rings. The summed E-state index contributed by atoms with van der Waals surface area (Å²) in [5, 5.41) is 0. The van der Waals surface area contributed by atoms with Crippen molar-refractivity contribution in [2.45, 2.75) is 12.8 Å². The zero-order valence-corrected chi connectivity index (χ0v) is 15.6. The van der Waals surface area contributed by atoms with Gasteiger partial charge in [-0.25, -0.2) is 4.98 Å². The fourth-order valence-corrected chi connectivity index (χ4v) is 3.49. The number of hydrogen-bond acceptors (Lipinski definition) is 6. The average molecular weight is 389 g/mol. The quantitative estimate of drug-likeness (QED) is 0.683. The lowest BCUT2D eigenvalue weighted by atomic mass is 9.90. The number of nitrogens with one attached hydrogen (secondary N) is 1. The highest BCUT2D eigenvalue weighted by Gasteiger charge is 2.30. The number of nitrogens with zero attached hydrogens (tertiary/aromatic N) is 4. The average Bonchev–Trinajstić information content (AvgIpc) is 2.79. The second-order valence-electron chi connectivity index (χ2n) is 6.91. The number of rotatable bonds is 4. The maximum Gasteiger partial charge on any atom is 0.264 e. The van der Waals surface area contributed by atoms with E-state index in [0.29, 0.717) is 36.3 Å². The molecule has 8 heteroatoms. The summed E-state index contributed by atoms with van der Waals surface area (Å²) in [6.07, 6.45) is 9.04. The van der Waals surface area contributed by atoms with E-state index in [0.717, 1.165) is 0 Å². The minimum atomic E-state index is -0.510. The molecule has 1 N–H and O–H groups in total. The van der Waals surface area contributed by atoms with Crippen LogP contribution in [-0.2, 0) is 0 Å². The number of likely N-dealkylation sites (tertiary alicyclic amines) is 1. The molecule has 8 nitrogen and oxygen atoms in total. The molecular formula is C21H19N5O3. The standard InChI is InChI=1S/C21H19N5O3/c27-18(14-4-1-7-22-10-14)16-6-3-9-26(13-16)21(29)17-12-24-19(25-20(17)28)15-5-2-8-23-11-15/h1-2,4-5,7-8,10-12,16H,3,6,9,13H2,(H,24,25,28). The van der Waals surface area contributed by atoms with Crippen LogP contribution >= 0.6 is 0 Å². The van der Waals surface area contributed by atoms with Crippen molar-refractivity contribution in [2.24, 2.45) is 5.92 Å². The smallest absolute Gasteiger partial charge is 0.264 e. The molecule has 29 heavy (non-hydrogen) atoms. The van der Waals surface area contributed by atoms with Gasteiger partial charge in [0, 0.05) is 61.1 Å². The molecule has 0 saturated carbocycles. The van der Waals surface area contributed by atoms with E-state index in [1.807, 2.05) is 0 Å². The highest BCUT2D eigenvalue weighted by molar-refractivity contribution is 5.99. The second kappa shape index (κ2) is 8.14. The molecule has 4 heterocycles. The highest BCUT2D eigenvalue weighted by atomic mass is 16.2. The molecular weight excluding hydrogens is 370 g/mol. The van der Waals surface area contributed by atoms with Gasteiger partial charge in [0.05, 0.1) is 0 Å². The van der Waals surface area contributed by atoms with Gasteiger partial charge < -0.3 is 9.88 Å². The van der Waals surface area contributed by atoms with Crippen LogP contribution in [0.5, 0.6) is 0 Å². The molecule has 1 unspecified atom stereocenters. The fraction of sp³-hybridized carbons (Fsp3) is 0.238. The van der Waals surface area contributed by atoms with Gasteiger partial charge in [0.1, 0.15) is 11.4 Å². The van der Waals surface area contributed by atoms with E-state index in [2.05, 4.69) is 19.9 Å². The zero-order valence-electron chi connectivity index (χ0n) is 15.6. The minimum absolute atomic E-state index is 0.0328. The number of hydrogen-bond donors (Lipinski definition) is 1. The summed E-state index contributed by atoms with van der Waals surface area (Å²) in [7, 11) is 0. The third-order valence-corrected chi connectivity index (χ3v) is 4.99. The van der Waals surface area contributed by atoms with Gasteiger partial charge in [-0.1, -0.05) is 0 Å². The van der Waals surface area contributed by atoms with Crippen LogP contribution < -0.4 is 5.56 Å². The van der Waals surface area contributed by atoms with Crippen LogP contribution in [0.1, 0.15) is 33.6 Å². The summed E-state index contributed by atoms with van der Waals surface area (Å²) in [6.45, 7) is 0.774. The number of ketones is 1. The summed E-state index contributed by atoms with van der Waals surface area (Å²) in [5.74, 6) is -0.406. The molecule has 146 valence electrons. The number of piperidine rings is 1. The number of pyridine rings is 2. The molecule has 1 aliphatic rings. The van der Waals surface area contributed by atoms with Gasteiger partial charge in [0.25, 0.3) is 11.5 Å². The predicted octanol–water partition coefficient (Wildman–Crippen LogP) is 1.96. The summed E-state index contributed by atoms with van der Waals surface area (Å²) in [5.41, 5.74) is 0.646. The van der Waals surface area contributed by atoms with Gasteiger partial charge in [0.2, 0.25) is 0 Å². The maximum absolute atomic E-state index is 12.9. The van der Waals surface area contributed by atoms with Crippen LogP contribution in [0.3, 0.4) is 0 Å². The SMILES string of the molecule is O=C(c1cccnc1)C1CCCN(C(=O)c2cnc(-c3cccnc3)[nH]c2=O)C1. The highest BCUT2D eigenvalue weighted by Crippen LogP contribution is 2.22. The Balaban J connectivity index is 1.52. The van der Waals surface area contributed by atoms with Crippen LogP contribution in [0.2, 0.25) is 0 Å². The Bertz CT molecular complexity index is 1080. The van der Waals surface area contributed by atoms with Crippen molar-refractivity contribution < 1.29 is 9.59 Å². The monoisotopic (exact) mass is 389 g/mol. The van der Waals surface area contributed by atoms with Crippen LogP contribution in [-0.4, -0.2) is 49.6 Å². The minimum Gasteiger partial charge on any atom is -0.338 e. The molecule has 0 aromatic carbocycles. The van der Waals surface area contributed by atoms with Gasteiger partial charge in [-0.15, -0.1) is 0 Å². The molecule has 0 aliphatic carbocycles. The van der Waals surface area contributed by atoms with Crippen LogP contribution in [0.4, 0.5) is 0 Å². The van der Waals surface area contributed by atoms with Gasteiger partial charge in [-0.2, -0.15) is 0 Å².